The molecule has 0 aliphatic rings. The minimum Gasteiger partial charge on any atom is -0.479 e. The van der Waals surface area contributed by atoms with Gasteiger partial charge in [-0.05, 0) is 19.3 Å². The Morgan fingerprint density at radius 2 is 1.93 bits per heavy atom. The van der Waals surface area contributed by atoms with Crippen LogP contribution in [0.3, 0.4) is 0 Å². The minimum atomic E-state index is -0.915. The number of ether oxygens (including phenoxy) is 1. The standard InChI is InChI=1S/C10H21NO3/c1-4-8(9(12)13)14-7-10(11,5-2)6-3/h8H,4-7,11H2,1-3H3,(H,12,13). The zero-order chi connectivity index (χ0) is 11.2. The molecule has 0 radical (unpaired) electrons. The summed E-state index contributed by atoms with van der Waals surface area (Å²) >= 11 is 0. The highest BCUT2D eigenvalue weighted by molar-refractivity contribution is 5.72. The Hall–Kier alpha value is -0.610. The van der Waals surface area contributed by atoms with Crippen LogP contribution in [0.4, 0.5) is 0 Å². The summed E-state index contributed by atoms with van der Waals surface area (Å²) in [5, 5.41) is 8.75. The van der Waals surface area contributed by atoms with Gasteiger partial charge in [-0.15, -0.1) is 0 Å². The van der Waals surface area contributed by atoms with Crippen molar-refractivity contribution in [2.75, 3.05) is 6.61 Å². The van der Waals surface area contributed by atoms with E-state index >= 15 is 0 Å². The molecular weight excluding hydrogens is 182 g/mol. The highest BCUT2D eigenvalue weighted by atomic mass is 16.5. The number of nitrogens with two attached hydrogens (primary N) is 1. The van der Waals surface area contributed by atoms with Crippen LogP contribution in [-0.4, -0.2) is 29.3 Å². The SMILES string of the molecule is CCC(OCC(N)(CC)CC)C(=O)O. The number of aliphatic carboxylic acids is 1. The summed E-state index contributed by atoms with van der Waals surface area (Å²) in [5.41, 5.74) is 5.60. The Balaban J connectivity index is 4.07. The van der Waals surface area contributed by atoms with Crippen LogP contribution in [0.5, 0.6) is 0 Å². The summed E-state index contributed by atoms with van der Waals surface area (Å²) in [4.78, 5) is 10.7. The average molecular weight is 203 g/mol. The molecule has 0 aromatic rings. The van der Waals surface area contributed by atoms with E-state index in [9.17, 15) is 4.79 Å². The Morgan fingerprint density at radius 3 is 2.21 bits per heavy atom. The third-order valence-electron chi connectivity index (χ3n) is 2.63. The fourth-order valence-corrected chi connectivity index (χ4v) is 1.08. The summed E-state index contributed by atoms with van der Waals surface area (Å²) in [7, 11) is 0. The van der Waals surface area contributed by atoms with Crippen molar-refractivity contribution >= 4 is 5.97 Å². The number of hydrogen-bond donors (Lipinski definition) is 2. The van der Waals surface area contributed by atoms with Crippen molar-refractivity contribution in [3.8, 4) is 0 Å². The van der Waals surface area contributed by atoms with E-state index in [2.05, 4.69) is 0 Å². The van der Waals surface area contributed by atoms with E-state index in [1.165, 1.54) is 0 Å². The van der Waals surface area contributed by atoms with Gasteiger partial charge in [-0.3, -0.25) is 0 Å². The van der Waals surface area contributed by atoms with Gasteiger partial charge in [0.15, 0.2) is 6.10 Å². The summed E-state index contributed by atoms with van der Waals surface area (Å²) in [5.74, 6) is -0.915. The van der Waals surface area contributed by atoms with Crippen molar-refractivity contribution < 1.29 is 14.6 Å². The molecule has 0 spiro atoms. The first-order chi connectivity index (χ1) is 6.49. The van der Waals surface area contributed by atoms with Crippen molar-refractivity contribution in [3.63, 3.8) is 0 Å². The van der Waals surface area contributed by atoms with Gasteiger partial charge in [0.25, 0.3) is 0 Å². The normalized spacial score (nSPS) is 14.0. The van der Waals surface area contributed by atoms with Crippen LogP contribution in [0.1, 0.15) is 40.0 Å². The predicted octanol–water partition coefficient (Wildman–Crippen LogP) is 1.38. The third-order valence-corrected chi connectivity index (χ3v) is 2.63. The molecule has 0 aliphatic carbocycles. The van der Waals surface area contributed by atoms with Crippen molar-refractivity contribution in [2.45, 2.75) is 51.7 Å². The molecule has 0 saturated heterocycles. The van der Waals surface area contributed by atoms with E-state index in [0.29, 0.717) is 13.0 Å². The molecule has 0 heterocycles. The molecule has 1 unspecified atom stereocenters. The fraction of sp³-hybridized carbons (Fsp3) is 0.900. The number of rotatable bonds is 7. The van der Waals surface area contributed by atoms with Crippen LogP contribution in [0.2, 0.25) is 0 Å². The molecule has 1 atom stereocenters. The largest absolute Gasteiger partial charge is 0.479 e. The second kappa shape index (κ2) is 5.98. The van der Waals surface area contributed by atoms with E-state index in [1.54, 1.807) is 6.92 Å². The van der Waals surface area contributed by atoms with E-state index in [0.717, 1.165) is 12.8 Å². The van der Waals surface area contributed by atoms with Crippen molar-refractivity contribution in [3.05, 3.63) is 0 Å². The van der Waals surface area contributed by atoms with Crippen LogP contribution in [0.15, 0.2) is 0 Å². The van der Waals surface area contributed by atoms with Gasteiger partial charge in [0.2, 0.25) is 0 Å². The second-order valence-electron chi connectivity index (χ2n) is 3.62. The quantitative estimate of drug-likeness (QED) is 0.655. The monoisotopic (exact) mass is 203 g/mol. The van der Waals surface area contributed by atoms with Gasteiger partial charge >= 0.3 is 5.97 Å². The number of carbonyl (C=O) groups is 1. The number of carboxylic acid groups (broad SMARTS) is 1. The van der Waals surface area contributed by atoms with Gasteiger partial charge in [-0.25, -0.2) is 4.79 Å². The molecule has 3 N–H and O–H groups in total. The first kappa shape index (κ1) is 13.4. The topological polar surface area (TPSA) is 72.5 Å². The van der Waals surface area contributed by atoms with Crippen molar-refractivity contribution in [2.24, 2.45) is 5.73 Å². The van der Waals surface area contributed by atoms with Gasteiger partial charge < -0.3 is 15.6 Å². The molecule has 0 saturated carbocycles. The third kappa shape index (κ3) is 4.07. The molecule has 0 rings (SSSR count). The first-order valence-electron chi connectivity index (χ1n) is 5.12. The zero-order valence-electron chi connectivity index (χ0n) is 9.25. The van der Waals surface area contributed by atoms with Crippen LogP contribution in [0, 0.1) is 0 Å². The molecule has 84 valence electrons. The molecule has 4 nitrogen and oxygen atoms in total. The Kier molecular flexibility index (Phi) is 5.72. The maximum absolute atomic E-state index is 10.7. The summed E-state index contributed by atoms with van der Waals surface area (Å²) in [6.07, 6.45) is 1.33. The molecule has 0 fully saturated rings. The molecule has 14 heavy (non-hydrogen) atoms. The smallest absolute Gasteiger partial charge is 0.332 e. The van der Waals surface area contributed by atoms with Crippen LogP contribution in [-0.2, 0) is 9.53 Å². The summed E-state index contributed by atoms with van der Waals surface area (Å²) in [6.45, 7) is 6.06. The molecule has 4 heteroatoms. The molecule has 0 aliphatic heterocycles. The molecule has 0 amide bonds. The van der Waals surface area contributed by atoms with Crippen molar-refractivity contribution in [1.29, 1.82) is 0 Å². The Morgan fingerprint density at radius 1 is 1.43 bits per heavy atom. The highest BCUT2D eigenvalue weighted by Crippen LogP contribution is 2.13. The second-order valence-corrected chi connectivity index (χ2v) is 3.62. The lowest BCUT2D eigenvalue weighted by Crippen LogP contribution is -2.45. The van der Waals surface area contributed by atoms with E-state index < -0.39 is 12.1 Å². The number of carboxylic acids is 1. The van der Waals surface area contributed by atoms with Crippen LogP contribution < -0.4 is 5.73 Å². The molecule has 0 aromatic carbocycles. The van der Waals surface area contributed by atoms with Gasteiger partial charge in [-0.1, -0.05) is 20.8 Å². The van der Waals surface area contributed by atoms with Crippen LogP contribution >= 0.6 is 0 Å². The minimum absolute atomic E-state index is 0.310. The van der Waals surface area contributed by atoms with E-state index in [1.807, 2.05) is 13.8 Å². The Labute approximate surface area is 85.4 Å². The molecule has 0 aromatic heterocycles. The van der Waals surface area contributed by atoms with E-state index in [4.69, 9.17) is 15.6 Å². The molecule has 0 bridgehead atoms. The summed E-state index contributed by atoms with van der Waals surface area (Å²) in [6, 6.07) is 0. The summed E-state index contributed by atoms with van der Waals surface area (Å²) < 4.78 is 5.28. The van der Waals surface area contributed by atoms with Gasteiger partial charge in [0.05, 0.1) is 6.61 Å². The molecular formula is C10H21NO3. The number of hydrogen-bond acceptors (Lipinski definition) is 3. The first-order valence-corrected chi connectivity index (χ1v) is 5.12. The van der Waals surface area contributed by atoms with Gasteiger partial charge in [0.1, 0.15) is 0 Å². The lowest BCUT2D eigenvalue weighted by molar-refractivity contribution is -0.151. The zero-order valence-corrected chi connectivity index (χ0v) is 9.25. The van der Waals surface area contributed by atoms with Crippen molar-refractivity contribution in [1.82, 2.24) is 0 Å². The van der Waals surface area contributed by atoms with E-state index in [-0.39, 0.29) is 5.54 Å². The van der Waals surface area contributed by atoms with Gasteiger partial charge in [0, 0.05) is 5.54 Å². The Bertz CT molecular complexity index is 178. The highest BCUT2D eigenvalue weighted by Gasteiger charge is 2.24. The predicted molar refractivity (Wildman–Crippen MR) is 55.2 cm³/mol. The maximum atomic E-state index is 10.7. The maximum Gasteiger partial charge on any atom is 0.332 e. The fourth-order valence-electron chi connectivity index (χ4n) is 1.08. The average Bonchev–Trinajstić information content (AvgIpc) is 2.18. The van der Waals surface area contributed by atoms with Gasteiger partial charge in [-0.2, -0.15) is 0 Å². The lowest BCUT2D eigenvalue weighted by Gasteiger charge is -2.27. The van der Waals surface area contributed by atoms with Crippen LogP contribution in [0.25, 0.3) is 0 Å². The lowest BCUT2D eigenvalue weighted by atomic mass is 9.95.